The molecular formula is C67H121NO10. The van der Waals surface area contributed by atoms with Crippen LogP contribution < -0.4 is 5.32 Å². The summed E-state index contributed by atoms with van der Waals surface area (Å²) in [5.41, 5.74) is 0. The van der Waals surface area contributed by atoms with E-state index in [1.165, 1.54) is 148 Å². The molecule has 11 nitrogen and oxygen atoms in total. The Kier molecular flexibility index (Phi) is 51.7. The van der Waals surface area contributed by atoms with Gasteiger partial charge < -0.3 is 45.1 Å². The van der Waals surface area contributed by atoms with Gasteiger partial charge in [0.2, 0.25) is 5.91 Å². The van der Waals surface area contributed by atoms with Gasteiger partial charge in [-0.2, -0.15) is 0 Å². The van der Waals surface area contributed by atoms with E-state index in [0.717, 1.165) is 96.3 Å². The van der Waals surface area contributed by atoms with Gasteiger partial charge in [-0.3, -0.25) is 9.59 Å². The third kappa shape index (κ3) is 42.2. The minimum Gasteiger partial charge on any atom is -0.454 e. The Hall–Kier alpha value is -2.64. The van der Waals surface area contributed by atoms with Gasteiger partial charge in [0.05, 0.1) is 25.4 Å². The molecule has 11 heteroatoms. The number of aliphatic hydroxyl groups is 5. The van der Waals surface area contributed by atoms with Gasteiger partial charge in [0.1, 0.15) is 24.4 Å². The van der Waals surface area contributed by atoms with Crippen molar-refractivity contribution in [1.29, 1.82) is 0 Å². The Labute approximate surface area is 478 Å². The maximum atomic E-state index is 13.4. The quantitative estimate of drug-likeness (QED) is 0.0195. The van der Waals surface area contributed by atoms with Crippen LogP contribution >= 0.6 is 0 Å². The van der Waals surface area contributed by atoms with Crippen molar-refractivity contribution in [2.24, 2.45) is 0 Å². The summed E-state index contributed by atoms with van der Waals surface area (Å²) in [5.74, 6) is -1.20. The van der Waals surface area contributed by atoms with E-state index in [2.05, 4.69) is 74.7 Å². The lowest BCUT2D eigenvalue weighted by Gasteiger charge is -2.41. The zero-order chi connectivity index (χ0) is 56.8. The van der Waals surface area contributed by atoms with Crippen molar-refractivity contribution in [2.45, 2.75) is 339 Å². The van der Waals surface area contributed by atoms with Gasteiger partial charge in [0.15, 0.2) is 12.4 Å². The molecule has 0 radical (unpaired) electrons. The van der Waals surface area contributed by atoms with Crippen molar-refractivity contribution in [2.75, 3.05) is 13.2 Å². The van der Waals surface area contributed by atoms with Crippen molar-refractivity contribution in [3.63, 3.8) is 0 Å². The number of unbranched alkanes of at least 4 members (excludes halogenated alkanes) is 33. The lowest BCUT2D eigenvalue weighted by Crippen LogP contribution is -2.61. The zero-order valence-corrected chi connectivity index (χ0v) is 50.3. The third-order valence-corrected chi connectivity index (χ3v) is 15.2. The fourth-order valence-corrected chi connectivity index (χ4v) is 9.99. The first-order valence-corrected chi connectivity index (χ1v) is 32.6. The van der Waals surface area contributed by atoms with Crippen molar-refractivity contribution < 1.29 is 49.3 Å². The summed E-state index contributed by atoms with van der Waals surface area (Å²) in [4.78, 5) is 26.6. The highest BCUT2D eigenvalue weighted by atomic mass is 16.7. The van der Waals surface area contributed by atoms with Crippen LogP contribution in [0.3, 0.4) is 0 Å². The Morgan fingerprint density at radius 3 is 1.35 bits per heavy atom. The van der Waals surface area contributed by atoms with Gasteiger partial charge in [-0.1, -0.05) is 274 Å². The molecule has 0 saturated carbocycles. The number of hydrogen-bond acceptors (Lipinski definition) is 10. The molecule has 6 N–H and O–H groups in total. The second-order valence-electron chi connectivity index (χ2n) is 22.5. The van der Waals surface area contributed by atoms with E-state index in [1.54, 1.807) is 6.08 Å². The number of ether oxygens (including phenoxy) is 3. The molecule has 0 bridgehead atoms. The Morgan fingerprint density at radius 1 is 0.500 bits per heavy atom. The molecule has 1 aliphatic heterocycles. The highest BCUT2D eigenvalue weighted by Crippen LogP contribution is 2.26. The van der Waals surface area contributed by atoms with Crippen LogP contribution in [0, 0.1) is 0 Å². The van der Waals surface area contributed by atoms with Gasteiger partial charge >= 0.3 is 5.97 Å². The first-order valence-electron chi connectivity index (χ1n) is 32.6. The number of carbonyl (C=O) groups excluding carboxylic acids is 2. The smallest absolute Gasteiger partial charge is 0.306 e. The van der Waals surface area contributed by atoms with Gasteiger partial charge in [-0.15, -0.1) is 0 Å². The standard InChI is InChI=1S/C67H121NO10/c1-4-7-10-13-16-19-22-25-27-28-29-30-31-32-33-35-36-39-42-45-48-51-54-60(71)66(75)68-58(59(70)53-50-47-44-41-38-24-21-18-15-12-9-6-3)57-76-67-65(64(74)63(73)61(56-69)77-67)78-62(72)55-52-49-46-43-40-37-34-26-23-20-17-14-11-8-5-2/h16,19,25,27,29-30,32-33,50,53,58-61,63-65,67,69-71,73-74H,4-15,17-18,20-24,26,28,31,34-49,51-52,54-57H2,1-3H3,(H,68,75)/b19-16-,27-25-,30-29-,33-32-,53-50+. The summed E-state index contributed by atoms with van der Waals surface area (Å²) < 4.78 is 17.6. The summed E-state index contributed by atoms with van der Waals surface area (Å²) >= 11 is 0. The molecule has 8 unspecified atom stereocenters. The van der Waals surface area contributed by atoms with E-state index >= 15 is 0 Å². The van der Waals surface area contributed by atoms with Crippen LogP contribution in [-0.4, -0.2) is 99.6 Å². The molecule has 78 heavy (non-hydrogen) atoms. The van der Waals surface area contributed by atoms with Gasteiger partial charge in [-0.25, -0.2) is 0 Å². The Balaban J connectivity index is 2.65. The van der Waals surface area contributed by atoms with E-state index in [1.807, 2.05) is 6.08 Å². The number of allylic oxidation sites excluding steroid dienone is 9. The van der Waals surface area contributed by atoms with Gasteiger partial charge in [-0.05, 0) is 70.6 Å². The summed E-state index contributed by atoms with van der Waals surface area (Å²) in [6.07, 6.45) is 58.2. The maximum absolute atomic E-state index is 13.4. The predicted molar refractivity (Wildman–Crippen MR) is 324 cm³/mol. The van der Waals surface area contributed by atoms with Gasteiger partial charge in [0, 0.05) is 6.42 Å². The fraction of sp³-hybridized carbons (Fsp3) is 0.821. The second kappa shape index (κ2) is 54.9. The molecule has 0 aromatic carbocycles. The van der Waals surface area contributed by atoms with Crippen molar-refractivity contribution in [3.8, 4) is 0 Å². The molecule has 8 atom stereocenters. The topological polar surface area (TPSA) is 175 Å². The molecule has 1 rings (SSSR count). The Morgan fingerprint density at radius 2 is 0.885 bits per heavy atom. The minimum atomic E-state index is -1.61. The number of amides is 1. The highest BCUT2D eigenvalue weighted by Gasteiger charge is 2.47. The van der Waals surface area contributed by atoms with E-state index in [9.17, 15) is 35.1 Å². The SMILES string of the molecule is CCCCC/C=C\C/C=C\C/C=C\C/C=C\CCCCCCCCC(O)C(=O)NC(COC1OC(CO)C(O)C(O)C1OC(=O)CCCCCCCCCCCCCCCCC)C(O)/C=C/CCCCCCCCCCCC. The largest absolute Gasteiger partial charge is 0.454 e. The minimum absolute atomic E-state index is 0.125. The van der Waals surface area contributed by atoms with Crippen molar-refractivity contribution in [1.82, 2.24) is 5.32 Å². The van der Waals surface area contributed by atoms with E-state index < -0.39 is 67.4 Å². The average Bonchev–Trinajstić information content (AvgIpc) is 3.44. The molecule has 0 spiro atoms. The maximum Gasteiger partial charge on any atom is 0.306 e. The number of esters is 1. The normalized spacial score (nSPS) is 19.3. The first kappa shape index (κ1) is 73.4. The molecule has 1 aliphatic rings. The lowest BCUT2D eigenvalue weighted by atomic mass is 9.99. The van der Waals surface area contributed by atoms with E-state index in [0.29, 0.717) is 12.8 Å². The van der Waals surface area contributed by atoms with Crippen LogP contribution in [0.15, 0.2) is 60.8 Å². The molecule has 454 valence electrons. The van der Waals surface area contributed by atoms with Crippen LogP contribution in [0.2, 0.25) is 0 Å². The van der Waals surface area contributed by atoms with Crippen molar-refractivity contribution in [3.05, 3.63) is 60.8 Å². The molecule has 1 amide bonds. The van der Waals surface area contributed by atoms with Crippen LogP contribution in [0.1, 0.15) is 290 Å². The monoisotopic (exact) mass is 1100 g/mol. The molecule has 0 aromatic heterocycles. The molecule has 1 fully saturated rings. The first-order chi connectivity index (χ1) is 38.2. The van der Waals surface area contributed by atoms with E-state index in [4.69, 9.17) is 14.2 Å². The molecule has 1 heterocycles. The molecule has 0 aromatic rings. The van der Waals surface area contributed by atoms with E-state index in [-0.39, 0.29) is 19.4 Å². The van der Waals surface area contributed by atoms with Crippen molar-refractivity contribution >= 4 is 11.9 Å². The summed E-state index contributed by atoms with van der Waals surface area (Å²) in [5, 5.41) is 57.0. The number of hydrogen-bond donors (Lipinski definition) is 6. The molecular weight excluding hydrogens is 979 g/mol. The number of nitrogens with one attached hydrogen (secondary N) is 1. The lowest BCUT2D eigenvalue weighted by molar-refractivity contribution is -0.305. The average molecular weight is 1100 g/mol. The second-order valence-corrected chi connectivity index (χ2v) is 22.5. The summed E-state index contributed by atoms with van der Waals surface area (Å²) in [6.45, 7) is 5.77. The summed E-state index contributed by atoms with van der Waals surface area (Å²) in [7, 11) is 0. The predicted octanol–water partition coefficient (Wildman–Crippen LogP) is 15.8. The summed E-state index contributed by atoms with van der Waals surface area (Å²) in [6, 6.07) is -1.03. The molecule has 1 saturated heterocycles. The highest BCUT2D eigenvalue weighted by molar-refractivity contribution is 5.80. The zero-order valence-electron chi connectivity index (χ0n) is 50.3. The number of aliphatic hydroxyl groups excluding tert-OH is 5. The van der Waals surface area contributed by atoms with Crippen LogP contribution in [0.4, 0.5) is 0 Å². The number of rotatable bonds is 55. The third-order valence-electron chi connectivity index (χ3n) is 15.2. The molecule has 0 aliphatic carbocycles. The van der Waals surface area contributed by atoms with Crippen LogP contribution in [-0.2, 0) is 23.8 Å². The van der Waals surface area contributed by atoms with Crippen LogP contribution in [0.5, 0.6) is 0 Å². The Bertz CT molecular complexity index is 1500. The number of carbonyl (C=O) groups is 2. The van der Waals surface area contributed by atoms with Crippen LogP contribution in [0.25, 0.3) is 0 Å². The van der Waals surface area contributed by atoms with Gasteiger partial charge in [0.25, 0.3) is 0 Å². The fourth-order valence-electron chi connectivity index (χ4n) is 9.99.